The number of rotatable bonds is 5. The zero-order chi connectivity index (χ0) is 15.2. The number of benzene rings is 2. The minimum Gasteiger partial charge on any atom is -0.497 e. The summed E-state index contributed by atoms with van der Waals surface area (Å²) in [6, 6.07) is 14.2. The van der Waals surface area contributed by atoms with Gasteiger partial charge in [-0.1, -0.05) is 17.7 Å². The van der Waals surface area contributed by atoms with Crippen LogP contribution in [0.15, 0.2) is 42.5 Å². The Hall–Kier alpha value is -2.38. The molecule has 0 saturated heterocycles. The van der Waals surface area contributed by atoms with Crippen LogP contribution in [0.4, 0.5) is 5.69 Å². The zero-order valence-corrected chi connectivity index (χ0v) is 12.5. The van der Waals surface area contributed by atoms with Gasteiger partial charge in [0.1, 0.15) is 17.5 Å². The van der Waals surface area contributed by atoms with E-state index in [1.54, 1.807) is 44.6 Å². The van der Waals surface area contributed by atoms with Crippen molar-refractivity contribution in [2.45, 2.75) is 6.04 Å². The second-order valence-electron chi connectivity index (χ2n) is 4.32. The maximum atomic E-state index is 9.45. The highest BCUT2D eigenvalue weighted by Gasteiger charge is 2.16. The lowest BCUT2D eigenvalue weighted by Crippen LogP contribution is -2.10. The van der Waals surface area contributed by atoms with Crippen molar-refractivity contribution in [1.82, 2.24) is 0 Å². The summed E-state index contributed by atoms with van der Waals surface area (Å²) in [4.78, 5) is 0. The van der Waals surface area contributed by atoms with E-state index >= 15 is 0 Å². The molecule has 1 N–H and O–H groups in total. The van der Waals surface area contributed by atoms with Crippen LogP contribution in [0.2, 0.25) is 5.02 Å². The van der Waals surface area contributed by atoms with Gasteiger partial charge in [-0.25, -0.2) is 0 Å². The van der Waals surface area contributed by atoms with E-state index in [1.807, 2.05) is 12.1 Å². The minimum atomic E-state index is -0.575. The predicted octanol–water partition coefficient (Wildman–Crippen LogP) is 4.03. The highest BCUT2D eigenvalue weighted by atomic mass is 35.5. The van der Waals surface area contributed by atoms with Gasteiger partial charge in [-0.3, -0.25) is 0 Å². The SMILES string of the molecule is COc1ccc(OC)c(C(C#N)Nc2cccc(Cl)c2)c1. The number of hydrogen-bond acceptors (Lipinski definition) is 4. The summed E-state index contributed by atoms with van der Waals surface area (Å²) in [5.41, 5.74) is 1.47. The van der Waals surface area contributed by atoms with Crippen molar-refractivity contribution in [1.29, 1.82) is 5.26 Å². The molecule has 21 heavy (non-hydrogen) atoms. The van der Waals surface area contributed by atoms with Gasteiger partial charge in [0.15, 0.2) is 0 Å². The van der Waals surface area contributed by atoms with E-state index < -0.39 is 6.04 Å². The van der Waals surface area contributed by atoms with Crippen LogP contribution >= 0.6 is 11.6 Å². The summed E-state index contributed by atoms with van der Waals surface area (Å²) in [6.45, 7) is 0. The molecule has 0 fully saturated rings. The van der Waals surface area contributed by atoms with Gasteiger partial charge in [-0.2, -0.15) is 5.26 Å². The van der Waals surface area contributed by atoms with Crippen LogP contribution in [-0.4, -0.2) is 14.2 Å². The Labute approximate surface area is 128 Å². The van der Waals surface area contributed by atoms with Crippen LogP contribution < -0.4 is 14.8 Å². The van der Waals surface area contributed by atoms with Crippen LogP contribution in [0.3, 0.4) is 0 Å². The van der Waals surface area contributed by atoms with Crippen molar-refractivity contribution < 1.29 is 9.47 Å². The Bertz CT molecular complexity index is 668. The third kappa shape index (κ3) is 3.59. The Morgan fingerprint density at radius 3 is 2.57 bits per heavy atom. The molecule has 2 aromatic rings. The average Bonchev–Trinajstić information content (AvgIpc) is 2.52. The van der Waals surface area contributed by atoms with Gasteiger partial charge in [-0.05, 0) is 36.4 Å². The third-order valence-electron chi connectivity index (χ3n) is 3.01. The minimum absolute atomic E-state index is 0.575. The van der Waals surface area contributed by atoms with Gasteiger partial charge in [0, 0.05) is 16.3 Å². The van der Waals surface area contributed by atoms with Crippen molar-refractivity contribution in [3.05, 3.63) is 53.1 Å². The maximum absolute atomic E-state index is 9.45. The molecule has 0 aliphatic heterocycles. The van der Waals surface area contributed by atoms with Crippen molar-refractivity contribution in [2.24, 2.45) is 0 Å². The lowest BCUT2D eigenvalue weighted by Gasteiger charge is -2.17. The smallest absolute Gasteiger partial charge is 0.143 e. The molecular formula is C16H15ClN2O2. The number of nitrogens with one attached hydrogen (secondary N) is 1. The molecule has 0 amide bonds. The first-order valence-corrected chi connectivity index (χ1v) is 6.69. The monoisotopic (exact) mass is 302 g/mol. The van der Waals surface area contributed by atoms with E-state index in [4.69, 9.17) is 21.1 Å². The summed E-state index contributed by atoms with van der Waals surface area (Å²) in [6.07, 6.45) is 0. The van der Waals surface area contributed by atoms with Crippen molar-refractivity contribution in [2.75, 3.05) is 19.5 Å². The van der Waals surface area contributed by atoms with E-state index in [0.717, 1.165) is 5.69 Å². The third-order valence-corrected chi connectivity index (χ3v) is 3.25. The second kappa shape index (κ2) is 6.87. The van der Waals surface area contributed by atoms with Gasteiger partial charge in [0.25, 0.3) is 0 Å². The number of nitrogens with zero attached hydrogens (tertiary/aromatic N) is 1. The summed E-state index contributed by atoms with van der Waals surface area (Å²) in [5, 5.41) is 13.2. The lowest BCUT2D eigenvalue weighted by atomic mass is 10.1. The highest BCUT2D eigenvalue weighted by molar-refractivity contribution is 6.30. The number of anilines is 1. The van der Waals surface area contributed by atoms with Gasteiger partial charge in [0.05, 0.1) is 20.3 Å². The Morgan fingerprint density at radius 1 is 1.14 bits per heavy atom. The number of nitriles is 1. The fourth-order valence-electron chi connectivity index (χ4n) is 1.99. The quantitative estimate of drug-likeness (QED) is 0.906. The summed E-state index contributed by atoms with van der Waals surface area (Å²) < 4.78 is 10.5. The molecule has 5 heteroatoms. The predicted molar refractivity (Wildman–Crippen MR) is 83.0 cm³/mol. The molecule has 0 heterocycles. The molecule has 0 bridgehead atoms. The molecule has 0 spiro atoms. The molecule has 0 radical (unpaired) electrons. The van der Waals surface area contributed by atoms with Crippen molar-refractivity contribution in [3.63, 3.8) is 0 Å². The first-order chi connectivity index (χ1) is 10.2. The van der Waals surface area contributed by atoms with Gasteiger partial charge >= 0.3 is 0 Å². The van der Waals surface area contributed by atoms with Crippen LogP contribution in [0, 0.1) is 11.3 Å². The van der Waals surface area contributed by atoms with Gasteiger partial charge in [-0.15, -0.1) is 0 Å². The molecule has 0 aromatic heterocycles. The molecule has 4 nitrogen and oxygen atoms in total. The number of methoxy groups -OCH3 is 2. The van der Waals surface area contributed by atoms with Gasteiger partial charge < -0.3 is 14.8 Å². The Morgan fingerprint density at radius 2 is 1.95 bits per heavy atom. The van der Waals surface area contributed by atoms with E-state index in [1.165, 1.54) is 0 Å². The molecule has 0 saturated carbocycles. The zero-order valence-electron chi connectivity index (χ0n) is 11.8. The first kappa shape index (κ1) is 15.0. The van der Waals surface area contributed by atoms with Gasteiger partial charge in [0.2, 0.25) is 0 Å². The normalized spacial score (nSPS) is 11.3. The maximum Gasteiger partial charge on any atom is 0.143 e. The highest BCUT2D eigenvalue weighted by Crippen LogP contribution is 2.31. The van der Waals surface area contributed by atoms with E-state index in [9.17, 15) is 5.26 Å². The van der Waals surface area contributed by atoms with Crippen LogP contribution in [0.5, 0.6) is 11.5 Å². The molecule has 0 aliphatic rings. The fourth-order valence-corrected chi connectivity index (χ4v) is 2.18. The topological polar surface area (TPSA) is 54.3 Å². The number of ether oxygens (including phenoxy) is 2. The second-order valence-corrected chi connectivity index (χ2v) is 4.76. The number of halogens is 1. The van der Waals surface area contributed by atoms with Crippen molar-refractivity contribution >= 4 is 17.3 Å². The van der Waals surface area contributed by atoms with Crippen LogP contribution in [-0.2, 0) is 0 Å². The van der Waals surface area contributed by atoms with Crippen molar-refractivity contribution in [3.8, 4) is 17.6 Å². The molecular weight excluding hydrogens is 288 g/mol. The average molecular weight is 303 g/mol. The van der Waals surface area contributed by atoms with E-state index in [-0.39, 0.29) is 0 Å². The lowest BCUT2D eigenvalue weighted by molar-refractivity contribution is 0.398. The molecule has 0 aliphatic carbocycles. The summed E-state index contributed by atoms with van der Waals surface area (Å²) in [5.74, 6) is 1.29. The molecule has 2 aromatic carbocycles. The largest absolute Gasteiger partial charge is 0.497 e. The number of hydrogen-bond donors (Lipinski definition) is 1. The molecule has 1 unspecified atom stereocenters. The first-order valence-electron chi connectivity index (χ1n) is 6.31. The van der Waals surface area contributed by atoms with E-state index in [0.29, 0.717) is 22.1 Å². The standard InChI is InChI=1S/C16H15ClN2O2/c1-20-13-6-7-16(21-2)14(9-13)15(10-18)19-12-5-3-4-11(17)8-12/h3-9,15,19H,1-2H3. The summed E-state index contributed by atoms with van der Waals surface area (Å²) >= 11 is 5.96. The molecule has 2 rings (SSSR count). The van der Waals surface area contributed by atoms with Crippen LogP contribution in [0.25, 0.3) is 0 Å². The Balaban J connectivity index is 2.35. The molecule has 108 valence electrons. The van der Waals surface area contributed by atoms with E-state index in [2.05, 4.69) is 11.4 Å². The van der Waals surface area contributed by atoms with Crippen LogP contribution in [0.1, 0.15) is 11.6 Å². The summed E-state index contributed by atoms with van der Waals surface area (Å²) in [7, 11) is 3.15. The molecule has 1 atom stereocenters. The Kier molecular flexibility index (Phi) is 4.91. The fraction of sp³-hybridized carbons (Fsp3) is 0.188.